The van der Waals surface area contributed by atoms with Crippen LogP contribution in [0.15, 0.2) is 36.4 Å². The van der Waals surface area contributed by atoms with Crippen molar-refractivity contribution >= 4 is 0 Å². The van der Waals surface area contributed by atoms with Crippen molar-refractivity contribution in [1.29, 1.82) is 0 Å². The van der Waals surface area contributed by atoms with Crippen molar-refractivity contribution in [2.45, 2.75) is 12.8 Å². The molecule has 0 saturated heterocycles. The van der Waals surface area contributed by atoms with Crippen molar-refractivity contribution in [3.05, 3.63) is 58.7 Å². The Morgan fingerprint density at radius 3 is 2.41 bits per heavy atom. The van der Waals surface area contributed by atoms with Crippen LogP contribution in [0.2, 0.25) is 0 Å². The third-order valence-corrected chi connectivity index (χ3v) is 3.34. The molecule has 17 heavy (non-hydrogen) atoms. The first-order valence-electron chi connectivity index (χ1n) is 5.57. The van der Waals surface area contributed by atoms with Crippen molar-refractivity contribution < 1.29 is 9.94 Å². The topological polar surface area (TPSA) is 55.5 Å². The molecule has 0 aromatic heterocycles. The second-order valence-electron chi connectivity index (χ2n) is 4.28. The van der Waals surface area contributed by atoms with Crippen LogP contribution in [0.4, 0.5) is 0 Å². The van der Waals surface area contributed by atoms with Crippen LogP contribution in [-0.2, 0) is 12.8 Å². The maximum atomic E-state index is 9.87. The van der Waals surface area contributed by atoms with E-state index in [9.17, 15) is 5.11 Å². The van der Waals surface area contributed by atoms with Gasteiger partial charge in [-0.05, 0) is 29.7 Å². The normalized spacial score (nSPS) is 12.8. The highest BCUT2D eigenvalue weighted by Crippen LogP contribution is 2.36. The first-order valence-corrected chi connectivity index (χ1v) is 5.57. The van der Waals surface area contributed by atoms with E-state index in [-0.39, 0.29) is 0 Å². The quantitative estimate of drug-likeness (QED) is 0.626. The molecule has 0 fully saturated rings. The van der Waals surface area contributed by atoms with E-state index in [1.807, 2.05) is 24.3 Å². The third-order valence-electron chi connectivity index (χ3n) is 3.34. The molecule has 1 aliphatic carbocycles. The average molecular weight is 227 g/mol. The molecule has 3 nitrogen and oxygen atoms in total. The minimum absolute atomic E-state index is 0.347. The van der Waals surface area contributed by atoms with E-state index in [1.165, 1.54) is 11.1 Å². The van der Waals surface area contributed by atoms with Gasteiger partial charge < -0.3 is 9.94 Å². The first kappa shape index (κ1) is 10.2. The monoisotopic (exact) mass is 227 g/mol. The summed E-state index contributed by atoms with van der Waals surface area (Å²) in [4.78, 5) is 4.89. The van der Waals surface area contributed by atoms with Crippen molar-refractivity contribution in [2.75, 3.05) is 0 Å². The highest BCUT2D eigenvalue weighted by Gasteiger charge is 2.20. The molecule has 0 radical (unpaired) electrons. The predicted octanol–water partition coefficient (Wildman–Crippen LogP) is 2.14. The molecule has 0 spiro atoms. The van der Waals surface area contributed by atoms with Crippen LogP contribution in [0.3, 0.4) is 0 Å². The van der Waals surface area contributed by atoms with Gasteiger partial charge in [0.05, 0.1) is 0 Å². The summed E-state index contributed by atoms with van der Waals surface area (Å²) >= 11 is 0. The molecule has 3 rings (SSSR count). The number of hydrogen-bond donors (Lipinski definition) is 2. The molecule has 0 bridgehead atoms. The minimum Gasteiger partial charge on any atom is -0.508 e. The standard InChI is InChI=1S/C14H13NO2/c15-17-14-6-2-4-10-7-9-3-1-5-13(16)11(9)8-12(10)14/h1-6,16H,7-8,15H2. The van der Waals surface area contributed by atoms with Crippen LogP contribution < -0.4 is 10.7 Å². The van der Waals surface area contributed by atoms with Gasteiger partial charge in [-0.25, -0.2) is 0 Å². The lowest BCUT2D eigenvalue weighted by Gasteiger charge is -2.21. The van der Waals surface area contributed by atoms with Crippen LogP contribution in [0.5, 0.6) is 11.5 Å². The van der Waals surface area contributed by atoms with Crippen molar-refractivity contribution in [3.63, 3.8) is 0 Å². The maximum Gasteiger partial charge on any atom is 0.150 e. The summed E-state index contributed by atoms with van der Waals surface area (Å²) in [5, 5.41) is 9.87. The van der Waals surface area contributed by atoms with E-state index in [0.717, 1.165) is 17.5 Å². The second-order valence-corrected chi connectivity index (χ2v) is 4.28. The third kappa shape index (κ3) is 1.56. The first-order chi connectivity index (χ1) is 8.29. The lowest BCUT2D eigenvalue weighted by atomic mass is 9.85. The molecule has 0 heterocycles. The van der Waals surface area contributed by atoms with E-state index in [2.05, 4.69) is 6.07 Å². The molecule has 0 amide bonds. The Balaban J connectivity index is 2.14. The molecule has 0 unspecified atom stereocenters. The summed E-state index contributed by atoms with van der Waals surface area (Å²) in [6.45, 7) is 0. The van der Waals surface area contributed by atoms with Crippen LogP contribution in [0, 0.1) is 0 Å². The summed E-state index contributed by atoms with van der Waals surface area (Å²) < 4.78 is 0. The molecule has 3 N–H and O–H groups in total. The highest BCUT2D eigenvalue weighted by atomic mass is 16.6. The summed E-state index contributed by atoms with van der Waals surface area (Å²) in [6.07, 6.45) is 1.49. The molecular formula is C14H13NO2. The fraction of sp³-hybridized carbons (Fsp3) is 0.143. The fourth-order valence-electron chi connectivity index (χ4n) is 2.46. The summed E-state index contributed by atoms with van der Waals surface area (Å²) in [7, 11) is 0. The van der Waals surface area contributed by atoms with Gasteiger partial charge in [0, 0.05) is 17.5 Å². The molecule has 86 valence electrons. The average Bonchev–Trinajstić information content (AvgIpc) is 2.36. The largest absolute Gasteiger partial charge is 0.508 e. The van der Waals surface area contributed by atoms with Crippen LogP contribution in [0.25, 0.3) is 0 Å². The molecule has 0 aliphatic heterocycles. The Kier molecular flexibility index (Phi) is 2.27. The van der Waals surface area contributed by atoms with Gasteiger partial charge in [-0.1, -0.05) is 24.3 Å². The van der Waals surface area contributed by atoms with Crippen molar-refractivity contribution in [2.24, 2.45) is 5.90 Å². The van der Waals surface area contributed by atoms with Crippen LogP contribution >= 0.6 is 0 Å². The van der Waals surface area contributed by atoms with Crippen LogP contribution in [0.1, 0.15) is 22.3 Å². The van der Waals surface area contributed by atoms with Gasteiger partial charge in [-0.3, -0.25) is 0 Å². The molecule has 0 atom stereocenters. The van der Waals surface area contributed by atoms with E-state index < -0.39 is 0 Å². The summed E-state index contributed by atoms with van der Waals surface area (Å²) in [5.74, 6) is 6.31. The molecule has 3 heteroatoms. The Morgan fingerprint density at radius 2 is 1.65 bits per heavy atom. The van der Waals surface area contributed by atoms with E-state index in [1.54, 1.807) is 6.07 Å². The Bertz CT molecular complexity index is 578. The number of phenols is 1. The Labute approximate surface area is 99.4 Å². The number of rotatable bonds is 1. The number of aromatic hydroxyl groups is 1. The Morgan fingerprint density at radius 1 is 0.941 bits per heavy atom. The SMILES string of the molecule is NOc1cccc2c1Cc1c(O)cccc1C2. The number of benzene rings is 2. The molecule has 1 aliphatic rings. The molecule has 2 aromatic rings. The van der Waals surface area contributed by atoms with Gasteiger partial charge in [-0.2, -0.15) is 5.90 Å². The van der Waals surface area contributed by atoms with Gasteiger partial charge in [0.15, 0.2) is 5.75 Å². The van der Waals surface area contributed by atoms with Gasteiger partial charge in [0.1, 0.15) is 5.75 Å². The lowest BCUT2D eigenvalue weighted by molar-refractivity contribution is 0.330. The Hall–Kier alpha value is -2.00. The zero-order valence-electron chi connectivity index (χ0n) is 9.31. The summed E-state index contributed by atoms with van der Waals surface area (Å²) in [6, 6.07) is 11.5. The van der Waals surface area contributed by atoms with Gasteiger partial charge in [-0.15, -0.1) is 0 Å². The summed E-state index contributed by atoms with van der Waals surface area (Å²) in [5.41, 5.74) is 4.44. The van der Waals surface area contributed by atoms with E-state index in [4.69, 9.17) is 10.7 Å². The van der Waals surface area contributed by atoms with Gasteiger partial charge >= 0.3 is 0 Å². The highest BCUT2D eigenvalue weighted by molar-refractivity contribution is 5.54. The minimum atomic E-state index is 0.347. The zero-order chi connectivity index (χ0) is 11.8. The predicted molar refractivity (Wildman–Crippen MR) is 65.0 cm³/mol. The number of nitrogens with two attached hydrogens (primary N) is 1. The number of fused-ring (bicyclic) bond motifs is 2. The fourth-order valence-corrected chi connectivity index (χ4v) is 2.46. The molecule has 2 aromatic carbocycles. The molecular weight excluding hydrogens is 214 g/mol. The maximum absolute atomic E-state index is 9.87. The number of phenolic OH excluding ortho intramolecular Hbond substituents is 1. The second kappa shape index (κ2) is 3.79. The lowest BCUT2D eigenvalue weighted by Crippen LogP contribution is -2.12. The smallest absolute Gasteiger partial charge is 0.150 e. The zero-order valence-corrected chi connectivity index (χ0v) is 9.31. The van der Waals surface area contributed by atoms with Gasteiger partial charge in [0.2, 0.25) is 0 Å². The molecule has 0 saturated carbocycles. The van der Waals surface area contributed by atoms with Crippen LogP contribution in [-0.4, -0.2) is 5.11 Å². The van der Waals surface area contributed by atoms with Crippen molar-refractivity contribution in [1.82, 2.24) is 0 Å². The van der Waals surface area contributed by atoms with E-state index >= 15 is 0 Å². The van der Waals surface area contributed by atoms with E-state index in [0.29, 0.717) is 17.9 Å². The van der Waals surface area contributed by atoms with Gasteiger partial charge in [0.25, 0.3) is 0 Å². The van der Waals surface area contributed by atoms with Crippen molar-refractivity contribution in [3.8, 4) is 11.5 Å². The number of hydrogen-bond acceptors (Lipinski definition) is 3.